The quantitative estimate of drug-likeness (QED) is 0.860. The first-order valence-electron chi connectivity index (χ1n) is 10.5. The maximum absolute atomic E-state index is 12.6. The first-order chi connectivity index (χ1) is 14.1. The van der Waals surface area contributed by atoms with Crippen LogP contribution in [0.25, 0.3) is 0 Å². The minimum Gasteiger partial charge on any atom is -0.369 e. The predicted octanol–water partition coefficient (Wildman–Crippen LogP) is 2.84. The van der Waals surface area contributed by atoms with E-state index in [4.69, 9.17) is 0 Å². The number of nitrogens with one attached hydrogen (secondary N) is 1. The van der Waals surface area contributed by atoms with Gasteiger partial charge in [-0.15, -0.1) is 10.2 Å². The van der Waals surface area contributed by atoms with E-state index in [-0.39, 0.29) is 5.91 Å². The monoisotopic (exact) mass is 394 g/mol. The Bertz CT molecular complexity index is 814. The van der Waals surface area contributed by atoms with Crippen molar-refractivity contribution in [2.75, 3.05) is 56.5 Å². The summed E-state index contributed by atoms with van der Waals surface area (Å²) in [6, 6.07) is 12.0. The van der Waals surface area contributed by atoms with Crippen molar-refractivity contribution < 1.29 is 4.79 Å². The molecule has 29 heavy (non-hydrogen) atoms. The molecule has 1 aromatic carbocycles. The molecule has 1 amide bonds. The lowest BCUT2D eigenvalue weighted by atomic mass is 10.00. The van der Waals surface area contributed by atoms with Gasteiger partial charge in [0.05, 0.1) is 0 Å². The van der Waals surface area contributed by atoms with E-state index < -0.39 is 0 Å². The SMILES string of the molecule is CC1CCCN(C(=O)c2ccc(Nc3ccc(N4CCN(C)CC4)cc3)nn2)C1. The summed E-state index contributed by atoms with van der Waals surface area (Å²) in [4.78, 5) is 19.3. The second-order valence-corrected chi connectivity index (χ2v) is 8.26. The van der Waals surface area contributed by atoms with Crippen LogP contribution in [0.15, 0.2) is 36.4 Å². The number of anilines is 3. The topological polar surface area (TPSA) is 64.6 Å². The Morgan fingerprint density at radius 1 is 1.00 bits per heavy atom. The van der Waals surface area contributed by atoms with Crippen LogP contribution in [0.1, 0.15) is 30.3 Å². The highest BCUT2D eigenvalue weighted by Crippen LogP contribution is 2.22. The molecule has 7 heteroatoms. The molecule has 2 fully saturated rings. The number of amides is 1. The molecule has 0 bridgehead atoms. The lowest BCUT2D eigenvalue weighted by Gasteiger charge is -2.34. The summed E-state index contributed by atoms with van der Waals surface area (Å²) in [6.45, 7) is 8.10. The maximum Gasteiger partial charge on any atom is 0.274 e. The molecule has 1 unspecified atom stereocenters. The molecule has 2 saturated heterocycles. The molecule has 1 N–H and O–H groups in total. The van der Waals surface area contributed by atoms with Crippen LogP contribution in [-0.4, -0.2) is 72.2 Å². The number of aromatic nitrogens is 2. The number of piperidine rings is 1. The second-order valence-electron chi connectivity index (χ2n) is 8.26. The highest BCUT2D eigenvalue weighted by atomic mass is 16.2. The molecule has 0 aliphatic carbocycles. The van der Waals surface area contributed by atoms with Gasteiger partial charge in [0.15, 0.2) is 11.5 Å². The number of hydrogen-bond acceptors (Lipinski definition) is 6. The molecule has 0 radical (unpaired) electrons. The Kier molecular flexibility index (Phi) is 5.94. The Hall–Kier alpha value is -2.67. The highest BCUT2D eigenvalue weighted by molar-refractivity contribution is 5.92. The minimum atomic E-state index is -0.0212. The van der Waals surface area contributed by atoms with Gasteiger partial charge in [0, 0.05) is 50.6 Å². The second kappa shape index (κ2) is 8.78. The van der Waals surface area contributed by atoms with Crippen molar-refractivity contribution in [2.45, 2.75) is 19.8 Å². The molecule has 2 aliphatic heterocycles. The van der Waals surface area contributed by atoms with Gasteiger partial charge in [0.1, 0.15) is 0 Å². The summed E-state index contributed by atoms with van der Waals surface area (Å²) in [5.41, 5.74) is 2.61. The molecule has 7 nitrogen and oxygen atoms in total. The standard InChI is InChI=1S/C22H30N6O/c1-17-4-3-11-28(16-17)22(29)20-9-10-21(25-24-20)23-18-5-7-19(8-6-18)27-14-12-26(2)13-15-27/h5-10,17H,3-4,11-16H2,1-2H3,(H,23,25). The van der Waals surface area contributed by atoms with Crippen molar-refractivity contribution in [3.05, 3.63) is 42.1 Å². The number of likely N-dealkylation sites (tertiary alicyclic amines) is 1. The van der Waals surface area contributed by atoms with Crippen LogP contribution < -0.4 is 10.2 Å². The smallest absolute Gasteiger partial charge is 0.274 e. The third-order valence-corrected chi connectivity index (χ3v) is 5.84. The first kappa shape index (κ1) is 19.6. The largest absolute Gasteiger partial charge is 0.369 e. The predicted molar refractivity (Wildman–Crippen MR) is 116 cm³/mol. The number of benzene rings is 1. The van der Waals surface area contributed by atoms with Crippen molar-refractivity contribution in [1.29, 1.82) is 0 Å². The van der Waals surface area contributed by atoms with E-state index >= 15 is 0 Å². The molecule has 4 rings (SSSR count). The molecular formula is C22H30N6O. The third-order valence-electron chi connectivity index (χ3n) is 5.84. The van der Waals surface area contributed by atoms with E-state index in [9.17, 15) is 4.79 Å². The zero-order valence-corrected chi connectivity index (χ0v) is 17.3. The van der Waals surface area contributed by atoms with E-state index in [1.807, 2.05) is 11.0 Å². The van der Waals surface area contributed by atoms with Crippen molar-refractivity contribution >= 4 is 23.1 Å². The molecular weight excluding hydrogens is 364 g/mol. The average molecular weight is 395 g/mol. The Morgan fingerprint density at radius 3 is 2.41 bits per heavy atom. The van der Waals surface area contributed by atoms with Gasteiger partial charge in [-0.05, 0) is 62.2 Å². The molecule has 2 aliphatic rings. The van der Waals surface area contributed by atoms with Gasteiger partial charge in [-0.3, -0.25) is 4.79 Å². The lowest BCUT2D eigenvalue weighted by molar-refractivity contribution is 0.0676. The van der Waals surface area contributed by atoms with Crippen LogP contribution in [0.3, 0.4) is 0 Å². The Labute approximate surface area is 172 Å². The number of nitrogens with zero attached hydrogens (tertiary/aromatic N) is 5. The molecule has 0 spiro atoms. The molecule has 154 valence electrons. The van der Waals surface area contributed by atoms with E-state index in [1.54, 1.807) is 6.07 Å². The number of hydrogen-bond donors (Lipinski definition) is 1. The molecule has 0 saturated carbocycles. The average Bonchev–Trinajstić information content (AvgIpc) is 2.75. The van der Waals surface area contributed by atoms with Crippen molar-refractivity contribution in [3.8, 4) is 0 Å². The fourth-order valence-corrected chi connectivity index (χ4v) is 4.02. The van der Waals surface area contributed by atoms with Crippen LogP contribution in [0, 0.1) is 5.92 Å². The summed E-state index contributed by atoms with van der Waals surface area (Å²) in [6.07, 6.45) is 2.25. The number of likely N-dealkylation sites (N-methyl/N-ethyl adjacent to an activating group) is 1. The van der Waals surface area contributed by atoms with Gasteiger partial charge in [-0.2, -0.15) is 0 Å². The zero-order chi connectivity index (χ0) is 20.2. The number of carbonyl (C=O) groups excluding carboxylic acids is 1. The van der Waals surface area contributed by atoms with Crippen LogP contribution >= 0.6 is 0 Å². The van der Waals surface area contributed by atoms with Crippen molar-refractivity contribution in [3.63, 3.8) is 0 Å². The Balaban J connectivity index is 1.35. The number of carbonyl (C=O) groups is 1. The van der Waals surface area contributed by atoms with E-state index in [1.165, 1.54) is 12.1 Å². The number of rotatable bonds is 4. The maximum atomic E-state index is 12.6. The molecule has 1 atom stereocenters. The van der Waals surface area contributed by atoms with Gasteiger partial charge in [0.25, 0.3) is 5.91 Å². The van der Waals surface area contributed by atoms with Crippen LogP contribution in [0.4, 0.5) is 17.2 Å². The van der Waals surface area contributed by atoms with Gasteiger partial charge in [-0.25, -0.2) is 0 Å². The summed E-state index contributed by atoms with van der Waals surface area (Å²) >= 11 is 0. The minimum absolute atomic E-state index is 0.0212. The fraction of sp³-hybridized carbons (Fsp3) is 0.500. The van der Waals surface area contributed by atoms with Gasteiger partial charge >= 0.3 is 0 Å². The summed E-state index contributed by atoms with van der Waals surface area (Å²) < 4.78 is 0. The van der Waals surface area contributed by atoms with E-state index in [0.717, 1.165) is 51.4 Å². The molecule has 3 heterocycles. The van der Waals surface area contributed by atoms with E-state index in [2.05, 4.69) is 63.6 Å². The summed E-state index contributed by atoms with van der Waals surface area (Å²) in [7, 11) is 2.16. The zero-order valence-electron chi connectivity index (χ0n) is 17.3. The van der Waals surface area contributed by atoms with Crippen molar-refractivity contribution in [1.82, 2.24) is 20.0 Å². The lowest BCUT2D eigenvalue weighted by Crippen LogP contribution is -2.44. The number of piperazine rings is 1. The fourth-order valence-electron chi connectivity index (χ4n) is 4.02. The molecule has 2 aromatic rings. The van der Waals surface area contributed by atoms with E-state index in [0.29, 0.717) is 17.4 Å². The van der Waals surface area contributed by atoms with Gasteiger partial charge in [-0.1, -0.05) is 6.92 Å². The first-order valence-corrected chi connectivity index (χ1v) is 10.5. The molecule has 1 aromatic heterocycles. The van der Waals surface area contributed by atoms with Crippen molar-refractivity contribution in [2.24, 2.45) is 5.92 Å². The Morgan fingerprint density at radius 2 is 1.76 bits per heavy atom. The third kappa shape index (κ3) is 4.85. The summed E-state index contributed by atoms with van der Waals surface area (Å²) in [5.74, 6) is 1.17. The van der Waals surface area contributed by atoms with Crippen LogP contribution in [0.2, 0.25) is 0 Å². The van der Waals surface area contributed by atoms with Crippen LogP contribution in [-0.2, 0) is 0 Å². The normalized spacial score (nSPS) is 20.6. The van der Waals surface area contributed by atoms with Gasteiger partial charge < -0.3 is 20.0 Å². The van der Waals surface area contributed by atoms with Crippen LogP contribution in [0.5, 0.6) is 0 Å². The highest BCUT2D eigenvalue weighted by Gasteiger charge is 2.23. The summed E-state index contributed by atoms with van der Waals surface area (Å²) in [5, 5.41) is 11.6. The van der Waals surface area contributed by atoms with Gasteiger partial charge in [0.2, 0.25) is 0 Å².